The van der Waals surface area contributed by atoms with E-state index >= 15 is 0 Å². The van der Waals surface area contributed by atoms with Crippen molar-refractivity contribution < 1.29 is 9.21 Å². The van der Waals surface area contributed by atoms with Crippen LogP contribution in [-0.2, 0) is 0 Å². The number of anilines is 1. The first kappa shape index (κ1) is 15.8. The minimum atomic E-state index is -0.381. The topological polar surface area (TPSA) is 96.7 Å². The van der Waals surface area contributed by atoms with Gasteiger partial charge in [-0.25, -0.2) is 4.98 Å². The molecule has 1 amide bonds. The number of carbonyl (C=O) groups is 1. The summed E-state index contributed by atoms with van der Waals surface area (Å²) < 4.78 is 5.63. The van der Waals surface area contributed by atoms with E-state index in [2.05, 4.69) is 25.5 Å². The van der Waals surface area contributed by atoms with Crippen LogP contribution >= 0.6 is 0 Å². The fourth-order valence-electron chi connectivity index (χ4n) is 2.61. The van der Waals surface area contributed by atoms with Crippen LogP contribution in [0.15, 0.2) is 65.3 Å². The number of hydrogen-bond donors (Lipinski definition) is 2. The molecule has 128 valence electrons. The zero-order valence-electron chi connectivity index (χ0n) is 13.9. The number of aromatic nitrogens is 4. The number of H-pyrrole nitrogens is 1. The van der Waals surface area contributed by atoms with E-state index in [1.807, 2.05) is 42.5 Å². The number of oxazole rings is 1. The van der Waals surface area contributed by atoms with Gasteiger partial charge in [0.1, 0.15) is 0 Å². The van der Waals surface area contributed by atoms with Crippen LogP contribution in [0.2, 0.25) is 0 Å². The van der Waals surface area contributed by atoms with Gasteiger partial charge in [0.15, 0.2) is 23.2 Å². The number of hydrogen-bond acceptors (Lipinski definition) is 5. The fraction of sp³-hybridized carbons (Fsp3) is 0.0526. The largest absolute Gasteiger partial charge is 0.440 e. The molecule has 0 saturated heterocycles. The van der Waals surface area contributed by atoms with E-state index in [1.165, 1.54) is 0 Å². The minimum absolute atomic E-state index is 0.224. The summed E-state index contributed by atoms with van der Waals surface area (Å²) in [6.45, 7) is 1.71. The van der Waals surface area contributed by atoms with Crippen molar-refractivity contribution in [1.82, 2.24) is 20.2 Å². The van der Waals surface area contributed by atoms with Crippen molar-refractivity contribution in [2.24, 2.45) is 0 Å². The third kappa shape index (κ3) is 3.10. The lowest BCUT2D eigenvalue weighted by atomic mass is 10.1. The molecule has 4 aromatic rings. The molecule has 0 aliphatic carbocycles. The second kappa shape index (κ2) is 6.64. The van der Waals surface area contributed by atoms with Gasteiger partial charge in [-0.2, -0.15) is 5.10 Å². The van der Waals surface area contributed by atoms with E-state index < -0.39 is 0 Å². The van der Waals surface area contributed by atoms with Gasteiger partial charge >= 0.3 is 0 Å². The zero-order valence-corrected chi connectivity index (χ0v) is 13.9. The number of pyridine rings is 1. The first-order chi connectivity index (χ1) is 12.7. The molecular formula is C19H15N5O2. The maximum atomic E-state index is 12.7. The summed E-state index contributed by atoms with van der Waals surface area (Å²) in [6, 6.07) is 14.9. The molecule has 0 aliphatic heterocycles. The van der Waals surface area contributed by atoms with Gasteiger partial charge in [0.25, 0.3) is 5.91 Å². The summed E-state index contributed by atoms with van der Waals surface area (Å²) >= 11 is 0. The van der Waals surface area contributed by atoms with Crippen LogP contribution in [0.1, 0.15) is 16.4 Å². The number of rotatable bonds is 4. The summed E-state index contributed by atoms with van der Waals surface area (Å²) in [5, 5.41) is 9.78. The first-order valence-corrected chi connectivity index (χ1v) is 8.01. The van der Waals surface area contributed by atoms with Gasteiger partial charge < -0.3 is 9.73 Å². The Morgan fingerprint density at radius 2 is 1.85 bits per heavy atom. The molecule has 4 rings (SSSR count). The third-order valence-electron chi connectivity index (χ3n) is 3.80. The van der Waals surface area contributed by atoms with Crippen LogP contribution in [0.4, 0.5) is 5.82 Å². The molecule has 0 spiro atoms. The lowest BCUT2D eigenvalue weighted by Gasteiger charge is -2.01. The molecule has 3 aromatic heterocycles. The minimum Gasteiger partial charge on any atom is -0.440 e. The Balaban J connectivity index is 1.59. The SMILES string of the molecule is Cc1nc(C(=O)Nc2cc(-c3ccncc3)[nH]n2)c(-c2ccccc2)o1. The molecule has 1 aromatic carbocycles. The summed E-state index contributed by atoms with van der Waals surface area (Å²) in [5.74, 6) is 0.883. The quantitative estimate of drug-likeness (QED) is 0.588. The zero-order chi connectivity index (χ0) is 17.9. The Morgan fingerprint density at radius 3 is 2.62 bits per heavy atom. The van der Waals surface area contributed by atoms with Gasteiger partial charge in [-0.3, -0.25) is 14.9 Å². The van der Waals surface area contributed by atoms with Crippen molar-refractivity contribution in [1.29, 1.82) is 0 Å². The van der Waals surface area contributed by atoms with Gasteiger partial charge in [-0.15, -0.1) is 0 Å². The average molecular weight is 345 g/mol. The predicted molar refractivity (Wildman–Crippen MR) is 96.4 cm³/mol. The van der Waals surface area contributed by atoms with E-state index in [0.717, 1.165) is 16.8 Å². The van der Waals surface area contributed by atoms with E-state index in [-0.39, 0.29) is 11.6 Å². The maximum Gasteiger partial charge on any atom is 0.279 e. The Bertz CT molecular complexity index is 1040. The van der Waals surface area contributed by atoms with Gasteiger partial charge in [0.05, 0.1) is 5.69 Å². The van der Waals surface area contributed by atoms with Crippen LogP contribution in [-0.4, -0.2) is 26.1 Å². The van der Waals surface area contributed by atoms with Crippen molar-refractivity contribution >= 4 is 11.7 Å². The molecule has 0 aliphatic rings. The lowest BCUT2D eigenvalue weighted by Crippen LogP contribution is -2.13. The van der Waals surface area contributed by atoms with Gasteiger partial charge in [-0.1, -0.05) is 30.3 Å². The van der Waals surface area contributed by atoms with Crippen molar-refractivity contribution in [2.45, 2.75) is 6.92 Å². The lowest BCUT2D eigenvalue weighted by molar-refractivity contribution is 0.102. The average Bonchev–Trinajstić information content (AvgIpc) is 3.30. The molecule has 0 radical (unpaired) electrons. The van der Waals surface area contributed by atoms with Gasteiger partial charge in [-0.05, 0) is 12.1 Å². The Morgan fingerprint density at radius 1 is 1.08 bits per heavy atom. The normalized spacial score (nSPS) is 10.7. The van der Waals surface area contributed by atoms with E-state index in [1.54, 1.807) is 25.4 Å². The summed E-state index contributed by atoms with van der Waals surface area (Å²) in [7, 11) is 0. The van der Waals surface area contributed by atoms with Crippen LogP contribution in [0.25, 0.3) is 22.6 Å². The van der Waals surface area contributed by atoms with Crippen molar-refractivity contribution in [3.63, 3.8) is 0 Å². The van der Waals surface area contributed by atoms with Crippen molar-refractivity contribution in [3.05, 3.63) is 72.5 Å². The van der Waals surface area contributed by atoms with Crippen molar-refractivity contribution in [2.75, 3.05) is 5.32 Å². The van der Waals surface area contributed by atoms with Gasteiger partial charge in [0, 0.05) is 36.5 Å². The number of benzene rings is 1. The number of carbonyl (C=O) groups excluding carboxylic acids is 1. The molecule has 26 heavy (non-hydrogen) atoms. The fourth-order valence-corrected chi connectivity index (χ4v) is 2.61. The molecule has 0 saturated carbocycles. The van der Waals surface area contributed by atoms with E-state index in [4.69, 9.17) is 4.42 Å². The molecule has 0 bridgehead atoms. The number of amides is 1. The Labute approximate surface area is 149 Å². The summed E-state index contributed by atoms with van der Waals surface area (Å²) in [5.41, 5.74) is 2.72. The van der Waals surface area contributed by atoms with E-state index in [0.29, 0.717) is 17.5 Å². The van der Waals surface area contributed by atoms with E-state index in [9.17, 15) is 4.79 Å². The second-order valence-corrected chi connectivity index (χ2v) is 5.63. The molecule has 0 atom stereocenters. The number of aromatic amines is 1. The second-order valence-electron chi connectivity index (χ2n) is 5.63. The summed E-state index contributed by atoms with van der Waals surface area (Å²) in [6.07, 6.45) is 3.39. The molecule has 7 heteroatoms. The highest BCUT2D eigenvalue weighted by Crippen LogP contribution is 2.26. The molecule has 0 unspecified atom stereocenters. The molecular weight excluding hydrogens is 330 g/mol. The Hall–Kier alpha value is -3.74. The standard InChI is InChI=1S/C19H15N5O2/c1-12-21-17(18(26-12)14-5-3-2-4-6-14)19(25)22-16-11-15(23-24-16)13-7-9-20-10-8-13/h2-11H,1H3,(H2,22,23,24,25). The smallest absolute Gasteiger partial charge is 0.279 e. The highest BCUT2D eigenvalue weighted by atomic mass is 16.4. The molecule has 3 heterocycles. The third-order valence-corrected chi connectivity index (χ3v) is 3.80. The highest BCUT2D eigenvalue weighted by Gasteiger charge is 2.21. The molecule has 7 nitrogen and oxygen atoms in total. The van der Waals surface area contributed by atoms with Crippen LogP contribution in [0.5, 0.6) is 0 Å². The molecule has 2 N–H and O–H groups in total. The Kier molecular flexibility index (Phi) is 4.03. The number of nitrogens with zero attached hydrogens (tertiary/aromatic N) is 3. The maximum absolute atomic E-state index is 12.7. The summed E-state index contributed by atoms with van der Waals surface area (Å²) in [4.78, 5) is 20.9. The molecule has 0 fully saturated rings. The number of nitrogens with one attached hydrogen (secondary N) is 2. The van der Waals surface area contributed by atoms with Gasteiger partial charge in [0.2, 0.25) is 0 Å². The monoisotopic (exact) mass is 345 g/mol. The van der Waals surface area contributed by atoms with Crippen LogP contribution in [0, 0.1) is 6.92 Å². The van der Waals surface area contributed by atoms with Crippen LogP contribution in [0.3, 0.4) is 0 Å². The number of aryl methyl sites for hydroxylation is 1. The van der Waals surface area contributed by atoms with Crippen LogP contribution < -0.4 is 5.32 Å². The first-order valence-electron chi connectivity index (χ1n) is 8.01. The van der Waals surface area contributed by atoms with Crippen molar-refractivity contribution in [3.8, 4) is 22.6 Å². The highest BCUT2D eigenvalue weighted by molar-refractivity contribution is 6.06. The predicted octanol–water partition coefficient (Wildman–Crippen LogP) is 3.69.